The number of hydrogen-bond acceptors (Lipinski definition) is 2. The number of nitrogens with two attached hydrogens (primary N) is 1. The predicted octanol–water partition coefficient (Wildman–Crippen LogP) is 3.21. The van der Waals surface area contributed by atoms with Crippen LogP contribution in [0.4, 0.5) is 11.4 Å². The van der Waals surface area contributed by atoms with Gasteiger partial charge < -0.3 is 10.6 Å². The standard InChI is InChI=1S/C15H22N2/c16-14-8-4-7-13-9-10-17(15(13)14)11-12-5-2-1-3-6-12/h4,7-8,12H,1-3,5-6,9-11,16H2. The van der Waals surface area contributed by atoms with Crippen LogP contribution in [-0.4, -0.2) is 13.1 Å². The molecule has 1 saturated carbocycles. The maximum absolute atomic E-state index is 6.13. The molecule has 1 fully saturated rings. The first-order valence-electron chi connectivity index (χ1n) is 6.97. The topological polar surface area (TPSA) is 29.3 Å². The van der Waals surface area contributed by atoms with Gasteiger partial charge in [0.1, 0.15) is 0 Å². The third-order valence-electron chi connectivity index (χ3n) is 4.32. The van der Waals surface area contributed by atoms with Crippen molar-refractivity contribution in [3.63, 3.8) is 0 Å². The fraction of sp³-hybridized carbons (Fsp3) is 0.600. The van der Waals surface area contributed by atoms with Crippen LogP contribution in [0.25, 0.3) is 0 Å². The van der Waals surface area contributed by atoms with E-state index in [0.717, 1.165) is 11.6 Å². The summed E-state index contributed by atoms with van der Waals surface area (Å²) < 4.78 is 0. The molecule has 2 nitrogen and oxygen atoms in total. The van der Waals surface area contributed by atoms with E-state index in [1.807, 2.05) is 6.07 Å². The monoisotopic (exact) mass is 230 g/mol. The number of benzene rings is 1. The lowest BCUT2D eigenvalue weighted by molar-refractivity contribution is 0.360. The molecule has 0 aromatic heterocycles. The van der Waals surface area contributed by atoms with Gasteiger partial charge in [-0.15, -0.1) is 0 Å². The Labute approximate surface area is 104 Å². The Bertz CT molecular complexity index is 394. The van der Waals surface area contributed by atoms with Crippen LogP contribution in [0.15, 0.2) is 18.2 Å². The van der Waals surface area contributed by atoms with Gasteiger partial charge in [-0.3, -0.25) is 0 Å². The largest absolute Gasteiger partial charge is 0.397 e. The summed E-state index contributed by atoms with van der Waals surface area (Å²) in [6.07, 6.45) is 8.30. The summed E-state index contributed by atoms with van der Waals surface area (Å²) in [6.45, 7) is 2.39. The second-order valence-corrected chi connectivity index (χ2v) is 5.56. The SMILES string of the molecule is Nc1cccc2c1N(CC1CCCCC1)CC2. The number of nitrogens with zero attached hydrogens (tertiary/aromatic N) is 1. The Morgan fingerprint density at radius 3 is 2.82 bits per heavy atom. The lowest BCUT2D eigenvalue weighted by Crippen LogP contribution is -2.29. The molecule has 0 radical (unpaired) electrons. The number of para-hydroxylation sites is 1. The number of nitrogen functional groups attached to an aromatic ring is 1. The summed E-state index contributed by atoms with van der Waals surface area (Å²) >= 11 is 0. The van der Waals surface area contributed by atoms with Gasteiger partial charge in [-0.2, -0.15) is 0 Å². The molecule has 1 heterocycles. The first kappa shape index (κ1) is 10.9. The highest BCUT2D eigenvalue weighted by molar-refractivity contribution is 5.74. The fourth-order valence-corrected chi connectivity index (χ4v) is 3.43. The predicted molar refractivity (Wildman–Crippen MR) is 73.3 cm³/mol. The van der Waals surface area contributed by atoms with Crippen molar-refractivity contribution in [1.29, 1.82) is 0 Å². The van der Waals surface area contributed by atoms with Crippen LogP contribution in [0.3, 0.4) is 0 Å². The molecule has 17 heavy (non-hydrogen) atoms. The van der Waals surface area contributed by atoms with Gasteiger partial charge in [-0.05, 0) is 36.8 Å². The normalized spacial score (nSPS) is 20.6. The van der Waals surface area contributed by atoms with Gasteiger partial charge in [-0.1, -0.05) is 31.4 Å². The minimum atomic E-state index is 0.898. The Morgan fingerprint density at radius 1 is 1.18 bits per heavy atom. The van der Waals surface area contributed by atoms with Crippen LogP contribution < -0.4 is 10.6 Å². The van der Waals surface area contributed by atoms with Crippen molar-refractivity contribution in [2.45, 2.75) is 38.5 Å². The van der Waals surface area contributed by atoms with E-state index >= 15 is 0 Å². The zero-order chi connectivity index (χ0) is 11.7. The molecule has 1 aromatic rings. The second-order valence-electron chi connectivity index (χ2n) is 5.56. The zero-order valence-electron chi connectivity index (χ0n) is 10.5. The number of fused-ring (bicyclic) bond motifs is 1. The van der Waals surface area contributed by atoms with Crippen LogP contribution in [-0.2, 0) is 6.42 Å². The van der Waals surface area contributed by atoms with E-state index in [1.165, 1.54) is 62.9 Å². The summed E-state index contributed by atoms with van der Waals surface area (Å²) in [5.41, 5.74) is 9.87. The van der Waals surface area contributed by atoms with E-state index in [-0.39, 0.29) is 0 Å². The molecular weight excluding hydrogens is 208 g/mol. The molecule has 0 bridgehead atoms. The molecule has 1 aliphatic carbocycles. The van der Waals surface area contributed by atoms with E-state index in [2.05, 4.69) is 17.0 Å². The van der Waals surface area contributed by atoms with Crippen molar-refractivity contribution in [2.24, 2.45) is 5.92 Å². The van der Waals surface area contributed by atoms with E-state index in [9.17, 15) is 0 Å². The molecule has 92 valence electrons. The molecule has 0 saturated heterocycles. The van der Waals surface area contributed by atoms with Crippen molar-refractivity contribution in [3.05, 3.63) is 23.8 Å². The Kier molecular flexibility index (Phi) is 2.96. The van der Waals surface area contributed by atoms with Gasteiger partial charge in [-0.25, -0.2) is 0 Å². The lowest BCUT2D eigenvalue weighted by Gasteiger charge is -2.29. The van der Waals surface area contributed by atoms with Crippen LogP contribution in [0.2, 0.25) is 0 Å². The molecule has 2 aliphatic rings. The van der Waals surface area contributed by atoms with Crippen LogP contribution in [0.5, 0.6) is 0 Å². The van der Waals surface area contributed by atoms with Crippen molar-refractivity contribution in [2.75, 3.05) is 23.7 Å². The lowest BCUT2D eigenvalue weighted by atomic mass is 9.89. The smallest absolute Gasteiger partial charge is 0.0633 e. The molecule has 0 spiro atoms. The fourth-order valence-electron chi connectivity index (χ4n) is 3.43. The zero-order valence-corrected chi connectivity index (χ0v) is 10.5. The van der Waals surface area contributed by atoms with E-state index in [1.54, 1.807) is 0 Å². The highest BCUT2D eigenvalue weighted by atomic mass is 15.2. The van der Waals surface area contributed by atoms with Gasteiger partial charge >= 0.3 is 0 Å². The molecule has 0 unspecified atom stereocenters. The van der Waals surface area contributed by atoms with Crippen molar-refractivity contribution < 1.29 is 0 Å². The molecular formula is C15H22N2. The van der Waals surface area contributed by atoms with Gasteiger partial charge in [0.05, 0.1) is 11.4 Å². The van der Waals surface area contributed by atoms with E-state index in [4.69, 9.17) is 5.73 Å². The van der Waals surface area contributed by atoms with Crippen molar-refractivity contribution in [1.82, 2.24) is 0 Å². The van der Waals surface area contributed by atoms with Crippen LogP contribution in [0, 0.1) is 5.92 Å². The number of hydrogen-bond donors (Lipinski definition) is 1. The summed E-state index contributed by atoms with van der Waals surface area (Å²) in [4.78, 5) is 2.53. The van der Waals surface area contributed by atoms with Crippen molar-refractivity contribution >= 4 is 11.4 Å². The first-order valence-corrected chi connectivity index (χ1v) is 6.97. The van der Waals surface area contributed by atoms with Crippen LogP contribution in [0.1, 0.15) is 37.7 Å². The Hall–Kier alpha value is -1.18. The number of rotatable bonds is 2. The molecule has 1 aromatic carbocycles. The highest BCUT2D eigenvalue weighted by Gasteiger charge is 2.24. The summed E-state index contributed by atoms with van der Waals surface area (Å²) in [7, 11) is 0. The first-order chi connectivity index (χ1) is 8.34. The minimum Gasteiger partial charge on any atom is -0.397 e. The Balaban J connectivity index is 1.74. The molecule has 0 atom stereocenters. The summed E-state index contributed by atoms with van der Waals surface area (Å²) in [6, 6.07) is 6.35. The Morgan fingerprint density at radius 2 is 2.00 bits per heavy atom. The maximum Gasteiger partial charge on any atom is 0.0633 e. The molecule has 1 aliphatic heterocycles. The quantitative estimate of drug-likeness (QED) is 0.790. The van der Waals surface area contributed by atoms with Gasteiger partial charge in [0, 0.05) is 13.1 Å². The third-order valence-corrected chi connectivity index (χ3v) is 4.32. The molecule has 2 heteroatoms. The average molecular weight is 230 g/mol. The summed E-state index contributed by atoms with van der Waals surface area (Å²) in [5, 5.41) is 0. The van der Waals surface area contributed by atoms with E-state index < -0.39 is 0 Å². The summed E-state index contributed by atoms with van der Waals surface area (Å²) in [5.74, 6) is 0.898. The van der Waals surface area contributed by atoms with Gasteiger partial charge in [0.25, 0.3) is 0 Å². The molecule has 2 N–H and O–H groups in total. The molecule has 0 amide bonds. The second kappa shape index (κ2) is 4.59. The highest BCUT2D eigenvalue weighted by Crippen LogP contribution is 2.35. The number of anilines is 2. The minimum absolute atomic E-state index is 0.898. The van der Waals surface area contributed by atoms with Gasteiger partial charge in [0.15, 0.2) is 0 Å². The van der Waals surface area contributed by atoms with Crippen molar-refractivity contribution in [3.8, 4) is 0 Å². The average Bonchev–Trinajstić information content (AvgIpc) is 2.75. The van der Waals surface area contributed by atoms with Gasteiger partial charge in [0.2, 0.25) is 0 Å². The molecule has 3 rings (SSSR count). The van der Waals surface area contributed by atoms with Crippen LogP contribution >= 0.6 is 0 Å². The third kappa shape index (κ3) is 2.13. The maximum atomic E-state index is 6.13. The van der Waals surface area contributed by atoms with E-state index in [0.29, 0.717) is 0 Å².